The van der Waals surface area contributed by atoms with Crippen LogP contribution in [0.5, 0.6) is 0 Å². The average Bonchev–Trinajstić information content (AvgIpc) is 2.48. The van der Waals surface area contributed by atoms with Gasteiger partial charge in [-0.2, -0.15) is 0 Å². The molecule has 0 saturated carbocycles. The van der Waals surface area contributed by atoms with Gasteiger partial charge >= 0.3 is 0 Å². The number of thiazole rings is 1. The lowest BCUT2D eigenvalue weighted by Gasteiger charge is -2.14. The van der Waals surface area contributed by atoms with Crippen LogP contribution in [-0.4, -0.2) is 10.1 Å². The van der Waals surface area contributed by atoms with E-state index in [0.717, 1.165) is 17.1 Å². The van der Waals surface area contributed by atoms with Gasteiger partial charge in [-0.1, -0.05) is 34.6 Å². The molecular weight excluding hydrogens is 206 g/mol. The first-order valence-electron chi connectivity index (χ1n) is 5.44. The maximum absolute atomic E-state index is 9.91. The van der Waals surface area contributed by atoms with Crippen molar-refractivity contribution in [3.05, 3.63) is 16.1 Å². The molecule has 86 valence electrons. The van der Waals surface area contributed by atoms with Crippen molar-refractivity contribution in [1.29, 1.82) is 0 Å². The molecule has 0 saturated heterocycles. The normalized spacial score (nSPS) is 14.6. The van der Waals surface area contributed by atoms with Crippen molar-refractivity contribution in [1.82, 2.24) is 4.98 Å². The van der Waals surface area contributed by atoms with Gasteiger partial charge in [0.1, 0.15) is 0 Å². The number of nitrogens with zero attached hydrogens (tertiary/aromatic N) is 1. The lowest BCUT2D eigenvalue weighted by molar-refractivity contribution is 0.147. The second-order valence-electron chi connectivity index (χ2n) is 5.47. The van der Waals surface area contributed by atoms with Crippen LogP contribution in [0.15, 0.2) is 5.38 Å². The van der Waals surface area contributed by atoms with Crippen molar-refractivity contribution in [2.75, 3.05) is 0 Å². The Balaban J connectivity index is 2.76. The van der Waals surface area contributed by atoms with Gasteiger partial charge in [0.15, 0.2) is 0 Å². The first kappa shape index (κ1) is 12.7. The smallest absolute Gasteiger partial charge is 0.0983 e. The molecule has 0 radical (unpaired) electrons. The Morgan fingerprint density at radius 1 is 1.40 bits per heavy atom. The third-order valence-electron chi connectivity index (χ3n) is 2.20. The quantitative estimate of drug-likeness (QED) is 0.857. The Morgan fingerprint density at radius 2 is 2.00 bits per heavy atom. The van der Waals surface area contributed by atoms with Crippen LogP contribution in [-0.2, 0) is 5.41 Å². The molecular formula is C12H21NOS. The van der Waals surface area contributed by atoms with E-state index in [1.165, 1.54) is 0 Å². The Bertz CT molecular complexity index is 312. The monoisotopic (exact) mass is 227 g/mol. The summed E-state index contributed by atoms with van der Waals surface area (Å²) in [6, 6.07) is 0. The summed E-state index contributed by atoms with van der Waals surface area (Å²) < 4.78 is 0. The zero-order chi connectivity index (χ0) is 11.6. The van der Waals surface area contributed by atoms with E-state index in [9.17, 15) is 5.11 Å². The number of aromatic nitrogens is 1. The second-order valence-corrected chi connectivity index (χ2v) is 6.33. The number of hydrogen-bond acceptors (Lipinski definition) is 3. The highest BCUT2D eigenvalue weighted by Crippen LogP contribution is 2.29. The SMILES string of the molecule is CC(C)CC(O)c1csc(C(C)(C)C)n1. The molecule has 1 unspecified atom stereocenters. The van der Waals surface area contributed by atoms with E-state index < -0.39 is 6.10 Å². The van der Waals surface area contributed by atoms with Gasteiger partial charge in [-0.15, -0.1) is 11.3 Å². The predicted octanol–water partition coefficient (Wildman–Crippen LogP) is 3.52. The first-order valence-corrected chi connectivity index (χ1v) is 6.32. The molecule has 0 aliphatic carbocycles. The van der Waals surface area contributed by atoms with E-state index in [1.807, 2.05) is 5.38 Å². The maximum atomic E-state index is 9.91. The molecule has 1 N–H and O–H groups in total. The fraction of sp³-hybridized carbons (Fsp3) is 0.750. The topological polar surface area (TPSA) is 33.1 Å². The third kappa shape index (κ3) is 3.58. The second kappa shape index (κ2) is 4.62. The van der Waals surface area contributed by atoms with E-state index >= 15 is 0 Å². The van der Waals surface area contributed by atoms with Crippen LogP contribution in [0.4, 0.5) is 0 Å². The summed E-state index contributed by atoms with van der Waals surface area (Å²) in [6.45, 7) is 10.7. The van der Waals surface area contributed by atoms with Crippen LogP contribution in [0.1, 0.15) is 57.8 Å². The maximum Gasteiger partial charge on any atom is 0.0983 e. The van der Waals surface area contributed by atoms with Crippen LogP contribution in [0.25, 0.3) is 0 Å². The van der Waals surface area contributed by atoms with Crippen LogP contribution >= 0.6 is 11.3 Å². The lowest BCUT2D eigenvalue weighted by Crippen LogP contribution is -2.11. The molecule has 1 atom stereocenters. The number of aliphatic hydroxyl groups is 1. The fourth-order valence-corrected chi connectivity index (χ4v) is 2.30. The summed E-state index contributed by atoms with van der Waals surface area (Å²) in [5.74, 6) is 0.500. The molecule has 1 rings (SSSR count). The molecule has 0 bridgehead atoms. The molecule has 0 fully saturated rings. The van der Waals surface area contributed by atoms with Crippen molar-refractivity contribution in [3.8, 4) is 0 Å². The molecule has 1 heterocycles. The van der Waals surface area contributed by atoms with Crippen LogP contribution < -0.4 is 0 Å². The number of rotatable bonds is 3. The van der Waals surface area contributed by atoms with E-state index in [0.29, 0.717) is 5.92 Å². The van der Waals surface area contributed by atoms with E-state index in [-0.39, 0.29) is 5.41 Å². The van der Waals surface area contributed by atoms with Gasteiger partial charge in [-0.05, 0) is 12.3 Å². The molecule has 0 aliphatic heterocycles. The summed E-state index contributed by atoms with van der Waals surface area (Å²) in [7, 11) is 0. The Labute approximate surface area is 96.4 Å². The zero-order valence-electron chi connectivity index (χ0n) is 10.2. The minimum Gasteiger partial charge on any atom is -0.387 e. The van der Waals surface area contributed by atoms with Crippen molar-refractivity contribution < 1.29 is 5.11 Å². The first-order chi connectivity index (χ1) is 6.80. The molecule has 1 aromatic rings. The van der Waals surface area contributed by atoms with Gasteiger partial charge in [0.25, 0.3) is 0 Å². The third-order valence-corrected chi connectivity index (χ3v) is 3.49. The minimum absolute atomic E-state index is 0.0838. The molecule has 0 aliphatic rings. The largest absolute Gasteiger partial charge is 0.387 e. The van der Waals surface area contributed by atoms with Gasteiger partial charge in [0.05, 0.1) is 16.8 Å². The van der Waals surface area contributed by atoms with Crippen LogP contribution in [0.2, 0.25) is 0 Å². The van der Waals surface area contributed by atoms with Crippen molar-refractivity contribution >= 4 is 11.3 Å². The summed E-state index contributed by atoms with van der Waals surface area (Å²) >= 11 is 1.64. The highest BCUT2D eigenvalue weighted by atomic mass is 32.1. The standard InChI is InChI=1S/C12H21NOS/c1-8(2)6-10(14)9-7-15-11(13-9)12(3,4)5/h7-8,10,14H,6H2,1-5H3. The molecule has 15 heavy (non-hydrogen) atoms. The summed E-state index contributed by atoms with van der Waals surface area (Å²) in [5, 5.41) is 13.0. The van der Waals surface area contributed by atoms with Crippen molar-refractivity contribution in [3.63, 3.8) is 0 Å². The summed E-state index contributed by atoms with van der Waals surface area (Å²) in [5.41, 5.74) is 0.916. The van der Waals surface area contributed by atoms with Crippen molar-refractivity contribution in [2.45, 2.75) is 52.6 Å². The number of hydrogen-bond donors (Lipinski definition) is 1. The molecule has 0 aromatic carbocycles. The summed E-state index contributed by atoms with van der Waals surface area (Å²) in [6.07, 6.45) is 0.380. The van der Waals surface area contributed by atoms with E-state index in [1.54, 1.807) is 11.3 Å². The van der Waals surface area contributed by atoms with Gasteiger partial charge in [-0.25, -0.2) is 4.98 Å². The van der Waals surface area contributed by atoms with Crippen LogP contribution in [0.3, 0.4) is 0 Å². The van der Waals surface area contributed by atoms with Crippen LogP contribution in [0, 0.1) is 5.92 Å². The Kier molecular flexibility index (Phi) is 3.90. The molecule has 0 amide bonds. The number of aliphatic hydroxyl groups excluding tert-OH is 1. The summed E-state index contributed by atoms with van der Waals surface area (Å²) in [4.78, 5) is 4.50. The van der Waals surface area contributed by atoms with Gasteiger partial charge in [-0.3, -0.25) is 0 Å². The Hall–Kier alpha value is -0.410. The zero-order valence-corrected chi connectivity index (χ0v) is 11.1. The Morgan fingerprint density at radius 3 is 2.40 bits per heavy atom. The van der Waals surface area contributed by atoms with Gasteiger partial charge in [0, 0.05) is 10.8 Å². The van der Waals surface area contributed by atoms with E-state index in [4.69, 9.17) is 0 Å². The van der Waals surface area contributed by atoms with Gasteiger partial charge in [0.2, 0.25) is 0 Å². The van der Waals surface area contributed by atoms with E-state index in [2.05, 4.69) is 39.6 Å². The molecule has 2 nitrogen and oxygen atoms in total. The lowest BCUT2D eigenvalue weighted by atomic mass is 9.98. The minimum atomic E-state index is -0.405. The molecule has 0 spiro atoms. The van der Waals surface area contributed by atoms with Gasteiger partial charge < -0.3 is 5.11 Å². The highest BCUT2D eigenvalue weighted by molar-refractivity contribution is 7.09. The fourth-order valence-electron chi connectivity index (χ4n) is 1.35. The molecule has 1 aromatic heterocycles. The predicted molar refractivity (Wildman–Crippen MR) is 65.2 cm³/mol. The molecule has 3 heteroatoms. The average molecular weight is 227 g/mol. The highest BCUT2D eigenvalue weighted by Gasteiger charge is 2.20. The van der Waals surface area contributed by atoms with Crippen molar-refractivity contribution in [2.24, 2.45) is 5.92 Å².